The summed E-state index contributed by atoms with van der Waals surface area (Å²) in [6.45, 7) is 0.862. The van der Waals surface area contributed by atoms with Crippen LogP contribution in [-0.2, 0) is 4.74 Å². The van der Waals surface area contributed by atoms with E-state index in [1.54, 1.807) is 0 Å². The van der Waals surface area contributed by atoms with Crippen LogP contribution >= 0.6 is 23.2 Å². The summed E-state index contributed by atoms with van der Waals surface area (Å²) in [6.07, 6.45) is 5.93. The second-order valence-electron chi connectivity index (χ2n) is 6.05. The van der Waals surface area contributed by atoms with Crippen LogP contribution in [0, 0.1) is 5.92 Å². The maximum atomic E-state index is 6.40. The van der Waals surface area contributed by atoms with Crippen molar-refractivity contribution in [3.63, 3.8) is 0 Å². The van der Waals surface area contributed by atoms with Crippen molar-refractivity contribution < 1.29 is 4.74 Å². The molecule has 0 amide bonds. The van der Waals surface area contributed by atoms with Crippen LogP contribution in [0.3, 0.4) is 0 Å². The molecule has 0 aromatic heterocycles. The molecule has 3 rings (SSSR count). The van der Waals surface area contributed by atoms with Crippen molar-refractivity contribution in [1.82, 2.24) is 5.32 Å². The van der Waals surface area contributed by atoms with E-state index < -0.39 is 0 Å². The van der Waals surface area contributed by atoms with Gasteiger partial charge in [0, 0.05) is 12.6 Å². The summed E-state index contributed by atoms with van der Waals surface area (Å²) in [7, 11) is 2.00. The highest BCUT2D eigenvalue weighted by molar-refractivity contribution is 6.42. The highest BCUT2D eigenvalue weighted by Gasteiger charge is 2.44. The Hall–Kier alpha value is -0.280. The third kappa shape index (κ3) is 2.59. The van der Waals surface area contributed by atoms with E-state index in [1.807, 2.05) is 19.2 Å². The molecule has 1 N–H and O–H groups in total. The number of hydrogen-bond donors (Lipinski definition) is 1. The predicted octanol–water partition coefficient (Wildman–Crippen LogP) is 4.60. The fraction of sp³-hybridized carbons (Fsp3) is 0.625. The molecule has 2 unspecified atom stereocenters. The first-order valence-electron chi connectivity index (χ1n) is 7.40. The van der Waals surface area contributed by atoms with Gasteiger partial charge in [-0.3, -0.25) is 0 Å². The number of halogens is 2. The van der Waals surface area contributed by atoms with Gasteiger partial charge in [-0.15, -0.1) is 0 Å². The molecule has 2 fully saturated rings. The van der Waals surface area contributed by atoms with E-state index in [1.165, 1.54) is 19.3 Å². The van der Waals surface area contributed by atoms with Crippen LogP contribution in [0.4, 0.5) is 0 Å². The molecule has 20 heavy (non-hydrogen) atoms. The van der Waals surface area contributed by atoms with Gasteiger partial charge < -0.3 is 10.1 Å². The summed E-state index contributed by atoms with van der Waals surface area (Å²) in [5.74, 6) is 0.560. The normalized spacial score (nSPS) is 26.2. The van der Waals surface area contributed by atoms with Gasteiger partial charge in [0.15, 0.2) is 0 Å². The molecule has 1 saturated heterocycles. The first-order valence-corrected chi connectivity index (χ1v) is 8.16. The fourth-order valence-corrected chi connectivity index (χ4v) is 4.10. The Morgan fingerprint density at radius 2 is 2.15 bits per heavy atom. The van der Waals surface area contributed by atoms with Crippen molar-refractivity contribution in [2.45, 2.75) is 43.7 Å². The van der Waals surface area contributed by atoms with E-state index in [0.717, 1.165) is 25.0 Å². The molecule has 1 saturated carbocycles. The van der Waals surface area contributed by atoms with E-state index in [9.17, 15) is 0 Å². The van der Waals surface area contributed by atoms with Crippen molar-refractivity contribution in [3.8, 4) is 0 Å². The molecular formula is C16H21Cl2NO. The minimum absolute atomic E-state index is 0.156. The van der Waals surface area contributed by atoms with Crippen molar-refractivity contribution in [2.75, 3.05) is 13.7 Å². The summed E-state index contributed by atoms with van der Waals surface area (Å²) >= 11 is 12.6. The van der Waals surface area contributed by atoms with Crippen LogP contribution in [0.1, 0.15) is 43.7 Å². The Morgan fingerprint density at radius 3 is 2.80 bits per heavy atom. The summed E-state index contributed by atoms with van der Waals surface area (Å²) in [5.41, 5.74) is 1.27. The molecule has 0 bridgehead atoms. The van der Waals surface area contributed by atoms with Gasteiger partial charge in [0.05, 0.1) is 15.6 Å². The summed E-state index contributed by atoms with van der Waals surface area (Å²) in [4.78, 5) is 0. The summed E-state index contributed by atoms with van der Waals surface area (Å²) < 4.78 is 6.03. The molecule has 1 aliphatic heterocycles. The number of nitrogens with one attached hydrogen (secondary N) is 1. The number of hydrogen-bond acceptors (Lipinski definition) is 2. The van der Waals surface area contributed by atoms with Crippen molar-refractivity contribution >= 4 is 23.2 Å². The highest BCUT2D eigenvalue weighted by atomic mass is 35.5. The van der Waals surface area contributed by atoms with Gasteiger partial charge in [0.2, 0.25) is 0 Å². The fourth-order valence-electron chi connectivity index (χ4n) is 3.68. The number of rotatable bonds is 3. The van der Waals surface area contributed by atoms with Crippen LogP contribution in [0.25, 0.3) is 0 Å². The van der Waals surface area contributed by atoms with Crippen LogP contribution in [-0.4, -0.2) is 19.3 Å². The van der Waals surface area contributed by atoms with Gasteiger partial charge >= 0.3 is 0 Å². The minimum Gasteiger partial charge on any atom is -0.375 e. The standard InChI is InChI=1S/C16H21Cl2NO/c1-19-15(12-4-2-5-13(17)14(12)18)11-6-9-20-16(10-11)7-3-8-16/h2,4-5,11,15,19H,3,6-10H2,1H3. The Kier molecular flexibility index (Phi) is 4.28. The van der Waals surface area contributed by atoms with Crippen LogP contribution < -0.4 is 5.32 Å². The van der Waals surface area contributed by atoms with Crippen molar-refractivity contribution in [3.05, 3.63) is 33.8 Å². The summed E-state index contributed by atoms with van der Waals surface area (Å²) in [6, 6.07) is 6.16. The smallest absolute Gasteiger partial charge is 0.0686 e. The van der Waals surface area contributed by atoms with Crippen molar-refractivity contribution in [2.24, 2.45) is 5.92 Å². The molecular weight excluding hydrogens is 293 g/mol. The van der Waals surface area contributed by atoms with E-state index >= 15 is 0 Å². The average Bonchev–Trinajstić information content (AvgIpc) is 2.43. The predicted molar refractivity (Wildman–Crippen MR) is 83.5 cm³/mol. The number of benzene rings is 1. The molecule has 1 spiro atoms. The minimum atomic E-state index is 0.156. The number of ether oxygens (including phenoxy) is 1. The lowest BCUT2D eigenvalue weighted by Crippen LogP contribution is -2.47. The third-order valence-corrected chi connectivity index (χ3v) is 5.73. The largest absolute Gasteiger partial charge is 0.375 e. The Bertz CT molecular complexity index is 487. The highest BCUT2D eigenvalue weighted by Crippen LogP contribution is 2.48. The maximum absolute atomic E-state index is 6.40. The second kappa shape index (κ2) is 5.84. The molecule has 1 aromatic rings. The Labute approximate surface area is 130 Å². The van der Waals surface area contributed by atoms with Gasteiger partial charge in [-0.05, 0) is 56.7 Å². The van der Waals surface area contributed by atoms with Gasteiger partial charge in [-0.2, -0.15) is 0 Å². The molecule has 1 aromatic carbocycles. The van der Waals surface area contributed by atoms with Gasteiger partial charge in [0.1, 0.15) is 0 Å². The van der Waals surface area contributed by atoms with Gasteiger partial charge in [-0.1, -0.05) is 35.3 Å². The summed E-state index contributed by atoms with van der Waals surface area (Å²) in [5, 5.41) is 4.76. The molecule has 2 atom stereocenters. The lowest BCUT2D eigenvalue weighted by Gasteiger charge is -2.49. The van der Waals surface area contributed by atoms with E-state index in [2.05, 4.69) is 11.4 Å². The average molecular weight is 314 g/mol. The van der Waals surface area contributed by atoms with Crippen LogP contribution in [0.5, 0.6) is 0 Å². The quantitative estimate of drug-likeness (QED) is 0.880. The SMILES string of the molecule is CNC(c1cccc(Cl)c1Cl)C1CCOC2(CCC2)C1. The molecule has 2 aliphatic rings. The molecule has 1 aliphatic carbocycles. The third-order valence-electron chi connectivity index (χ3n) is 4.89. The second-order valence-corrected chi connectivity index (χ2v) is 6.83. The van der Waals surface area contributed by atoms with Crippen molar-refractivity contribution in [1.29, 1.82) is 0 Å². The van der Waals surface area contributed by atoms with Crippen LogP contribution in [0.2, 0.25) is 10.0 Å². The van der Waals surface area contributed by atoms with Gasteiger partial charge in [0.25, 0.3) is 0 Å². The zero-order chi connectivity index (χ0) is 14.2. The lowest BCUT2D eigenvalue weighted by molar-refractivity contribution is -0.147. The molecule has 0 radical (unpaired) electrons. The lowest BCUT2D eigenvalue weighted by atomic mass is 9.69. The van der Waals surface area contributed by atoms with E-state index in [4.69, 9.17) is 27.9 Å². The molecule has 1 heterocycles. The van der Waals surface area contributed by atoms with Gasteiger partial charge in [-0.25, -0.2) is 0 Å². The first kappa shape index (κ1) is 14.6. The monoisotopic (exact) mass is 313 g/mol. The first-order chi connectivity index (χ1) is 9.65. The topological polar surface area (TPSA) is 21.3 Å². The zero-order valence-electron chi connectivity index (χ0n) is 11.8. The Morgan fingerprint density at radius 1 is 1.35 bits per heavy atom. The maximum Gasteiger partial charge on any atom is 0.0686 e. The van der Waals surface area contributed by atoms with E-state index in [-0.39, 0.29) is 11.6 Å². The molecule has 2 nitrogen and oxygen atoms in total. The zero-order valence-corrected chi connectivity index (χ0v) is 13.3. The van der Waals surface area contributed by atoms with E-state index in [0.29, 0.717) is 16.0 Å². The van der Waals surface area contributed by atoms with Crippen LogP contribution in [0.15, 0.2) is 18.2 Å². The Balaban J connectivity index is 1.84. The molecule has 110 valence electrons. The molecule has 4 heteroatoms.